The molecule has 2 aromatic heterocycles. The van der Waals surface area contributed by atoms with E-state index in [1.54, 1.807) is 23.8 Å². The number of alkyl halides is 3. The first-order valence-electron chi connectivity index (χ1n) is 9.31. The molecule has 0 aliphatic carbocycles. The van der Waals surface area contributed by atoms with Crippen LogP contribution in [0.3, 0.4) is 0 Å². The maximum atomic E-state index is 13.2. The third kappa shape index (κ3) is 4.56. The molecule has 1 aromatic carbocycles. The molecule has 162 valence electrons. The zero-order chi connectivity index (χ0) is 22.9. The number of hydrogen-bond donors (Lipinski definition) is 1. The van der Waals surface area contributed by atoms with E-state index in [2.05, 4.69) is 26.2 Å². The van der Waals surface area contributed by atoms with E-state index < -0.39 is 23.1 Å². The summed E-state index contributed by atoms with van der Waals surface area (Å²) >= 11 is 3.32. The van der Waals surface area contributed by atoms with Gasteiger partial charge < -0.3 is 9.88 Å². The molecular formula is C22H19BrF3N3O2. The summed E-state index contributed by atoms with van der Waals surface area (Å²) in [7, 11) is 1.38. The molecule has 0 saturated heterocycles. The minimum absolute atomic E-state index is 0.0381. The van der Waals surface area contributed by atoms with Gasteiger partial charge in [0.15, 0.2) is 0 Å². The van der Waals surface area contributed by atoms with E-state index in [9.17, 15) is 22.8 Å². The van der Waals surface area contributed by atoms with Crippen LogP contribution in [0, 0.1) is 6.92 Å². The van der Waals surface area contributed by atoms with Crippen LogP contribution in [0.4, 0.5) is 13.2 Å². The number of halogens is 4. The van der Waals surface area contributed by atoms with Crippen LogP contribution < -0.4 is 10.7 Å². The fourth-order valence-corrected chi connectivity index (χ4v) is 3.62. The lowest BCUT2D eigenvalue weighted by atomic mass is 9.98. The van der Waals surface area contributed by atoms with E-state index in [1.807, 2.05) is 13.0 Å². The van der Waals surface area contributed by atoms with Crippen molar-refractivity contribution in [1.29, 1.82) is 0 Å². The topological polar surface area (TPSA) is 64.0 Å². The summed E-state index contributed by atoms with van der Waals surface area (Å²) in [5, 5.41) is 2.42. The Morgan fingerprint density at radius 2 is 1.94 bits per heavy atom. The Morgan fingerprint density at radius 1 is 1.23 bits per heavy atom. The van der Waals surface area contributed by atoms with E-state index in [1.165, 1.54) is 25.4 Å². The number of benzene rings is 1. The predicted octanol–water partition coefficient (Wildman–Crippen LogP) is 4.97. The quantitative estimate of drug-likeness (QED) is 0.558. The standard InChI is InChI=1S/C22H19BrF3N3O2/c1-12(18-8-7-16(23)10-28-18)29-11-17(21(31)27-3)20(30)19(13(29)2)14-5-4-6-15(9-14)22(24,25)26/h4-12H,1-3H3,(H,27,31). The number of pyridine rings is 2. The lowest BCUT2D eigenvalue weighted by Gasteiger charge is -2.22. The van der Waals surface area contributed by atoms with Crippen LogP contribution >= 0.6 is 15.9 Å². The van der Waals surface area contributed by atoms with Crippen LogP contribution in [0.5, 0.6) is 0 Å². The van der Waals surface area contributed by atoms with Crippen molar-refractivity contribution in [1.82, 2.24) is 14.9 Å². The molecule has 1 atom stereocenters. The van der Waals surface area contributed by atoms with E-state index in [4.69, 9.17) is 0 Å². The van der Waals surface area contributed by atoms with Gasteiger partial charge in [-0.2, -0.15) is 13.2 Å². The maximum absolute atomic E-state index is 13.2. The highest BCUT2D eigenvalue weighted by Crippen LogP contribution is 2.33. The second-order valence-electron chi connectivity index (χ2n) is 6.97. The van der Waals surface area contributed by atoms with Crippen molar-refractivity contribution in [3.05, 3.63) is 86.0 Å². The van der Waals surface area contributed by atoms with Crippen molar-refractivity contribution in [3.63, 3.8) is 0 Å². The molecule has 1 amide bonds. The van der Waals surface area contributed by atoms with Crippen molar-refractivity contribution in [3.8, 4) is 11.1 Å². The number of amides is 1. The first-order valence-corrected chi connectivity index (χ1v) is 10.1. The minimum Gasteiger partial charge on any atom is -0.355 e. The average molecular weight is 494 g/mol. The Balaban J connectivity index is 2.29. The molecule has 2 heterocycles. The Morgan fingerprint density at radius 3 is 2.52 bits per heavy atom. The monoisotopic (exact) mass is 493 g/mol. The van der Waals surface area contributed by atoms with Gasteiger partial charge in [0.2, 0.25) is 5.43 Å². The SMILES string of the molecule is CNC(=O)c1cn(C(C)c2ccc(Br)cn2)c(C)c(-c2cccc(C(F)(F)F)c2)c1=O. The van der Waals surface area contributed by atoms with Gasteiger partial charge in [0.1, 0.15) is 5.56 Å². The number of hydrogen-bond acceptors (Lipinski definition) is 3. The molecule has 3 rings (SSSR count). The summed E-state index contributed by atoms with van der Waals surface area (Å²) in [5.41, 5.74) is -0.456. The number of aromatic nitrogens is 2. The van der Waals surface area contributed by atoms with Crippen LogP contribution in [-0.4, -0.2) is 22.5 Å². The second-order valence-corrected chi connectivity index (χ2v) is 7.89. The molecule has 0 spiro atoms. The molecule has 1 N–H and O–H groups in total. The summed E-state index contributed by atoms with van der Waals surface area (Å²) < 4.78 is 42.2. The van der Waals surface area contributed by atoms with E-state index >= 15 is 0 Å². The van der Waals surface area contributed by atoms with Gasteiger partial charge in [-0.25, -0.2) is 0 Å². The molecule has 5 nitrogen and oxygen atoms in total. The first kappa shape index (κ1) is 22.7. The molecule has 0 saturated carbocycles. The number of carbonyl (C=O) groups excluding carboxylic acids is 1. The number of nitrogens with zero attached hydrogens (tertiary/aromatic N) is 2. The molecule has 9 heteroatoms. The maximum Gasteiger partial charge on any atom is 0.416 e. The highest BCUT2D eigenvalue weighted by atomic mass is 79.9. The molecular weight excluding hydrogens is 475 g/mol. The van der Waals surface area contributed by atoms with Gasteiger partial charge in [-0.05, 0) is 59.6 Å². The van der Waals surface area contributed by atoms with Gasteiger partial charge in [-0.3, -0.25) is 14.6 Å². The minimum atomic E-state index is -4.56. The van der Waals surface area contributed by atoms with Crippen LogP contribution in [0.2, 0.25) is 0 Å². The summed E-state index contributed by atoms with van der Waals surface area (Å²) in [6.07, 6.45) is -1.52. The Hall–Kier alpha value is -2.94. The largest absolute Gasteiger partial charge is 0.416 e. The smallest absolute Gasteiger partial charge is 0.355 e. The highest BCUT2D eigenvalue weighted by molar-refractivity contribution is 9.10. The normalized spacial score (nSPS) is 12.5. The zero-order valence-corrected chi connectivity index (χ0v) is 18.5. The van der Waals surface area contributed by atoms with Gasteiger partial charge >= 0.3 is 6.18 Å². The van der Waals surface area contributed by atoms with E-state index in [0.717, 1.165) is 16.6 Å². The van der Waals surface area contributed by atoms with Gasteiger partial charge in [0, 0.05) is 35.2 Å². The number of rotatable bonds is 4. The summed E-state index contributed by atoms with van der Waals surface area (Å²) in [6.45, 7) is 3.47. The summed E-state index contributed by atoms with van der Waals surface area (Å²) in [4.78, 5) is 29.9. The first-order chi connectivity index (χ1) is 14.5. The fraction of sp³-hybridized carbons (Fsp3) is 0.227. The molecule has 31 heavy (non-hydrogen) atoms. The van der Waals surface area contributed by atoms with Crippen molar-refractivity contribution in [2.45, 2.75) is 26.1 Å². The molecule has 0 radical (unpaired) electrons. The molecule has 0 aliphatic rings. The van der Waals surface area contributed by atoms with E-state index in [0.29, 0.717) is 11.4 Å². The van der Waals surface area contributed by atoms with Gasteiger partial charge in [-0.1, -0.05) is 12.1 Å². The molecule has 0 bridgehead atoms. The number of nitrogens with one attached hydrogen (secondary N) is 1. The third-order valence-corrected chi connectivity index (χ3v) is 5.50. The van der Waals surface area contributed by atoms with Crippen LogP contribution in [-0.2, 0) is 6.18 Å². The van der Waals surface area contributed by atoms with Crippen LogP contribution in [0.1, 0.15) is 40.3 Å². The van der Waals surface area contributed by atoms with Crippen molar-refractivity contribution in [2.24, 2.45) is 0 Å². The lowest BCUT2D eigenvalue weighted by Crippen LogP contribution is -2.29. The van der Waals surface area contributed by atoms with Crippen molar-refractivity contribution in [2.75, 3.05) is 7.05 Å². The Kier molecular flexibility index (Phi) is 6.35. The average Bonchev–Trinajstić information content (AvgIpc) is 2.73. The van der Waals surface area contributed by atoms with Crippen LogP contribution in [0.15, 0.2) is 58.1 Å². The summed E-state index contributed by atoms with van der Waals surface area (Å²) in [6, 6.07) is 7.74. The molecule has 1 unspecified atom stereocenters. The van der Waals surface area contributed by atoms with Crippen molar-refractivity contribution < 1.29 is 18.0 Å². The molecule has 0 aliphatic heterocycles. The lowest BCUT2D eigenvalue weighted by molar-refractivity contribution is -0.137. The van der Waals surface area contributed by atoms with Crippen molar-refractivity contribution >= 4 is 21.8 Å². The predicted molar refractivity (Wildman–Crippen MR) is 115 cm³/mol. The highest BCUT2D eigenvalue weighted by Gasteiger charge is 2.31. The molecule has 0 fully saturated rings. The zero-order valence-electron chi connectivity index (χ0n) is 16.9. The van der Waals surface area contributed by atoms with Gasteiger partial charge in [-0.15, -0.1) is 0 Å². The Labute approximate surface area is 185 Å². The molecule has 3 aromatic rings. The third-order valence-electron chi connectivity index (χ3n) is 5.03. The summed E-state index contributed by atoms with van der Waals surface area (Å²) in [5.74, 6) is -0.622. The van der Waals surface area contributed by atoms with E-state index in [-0.39, 0.29) is 22.7 Å². The second kappa shape index (κ2) is 8.66. The number of carbonyl (C=O) groups is 1. The Bertz CT molecular complexity index is 1190. The van der Waals surface area contributed by atoms with Gasteiger partial charge in [0.05, 0.1) is 17.3 Å². The van der Waals surface area contributed by atoms with Gasteiger partial charge in [0.25, 0.3) is 5.91 Å². The van der Waals surface area contributed by atoms with Crippen LogP contribution in [0.25, 0.3) is 11.1 Å². The fourth-order valence-electron chi connectivity index (χ4n) is 3.39.